The first-order valence-electron chi connectivity index (χ1n) is 42.9. The molecule has 5 aromatic heterocycles. The number of thiophene rings is 3. The van der Waals surface area contributed by atoms with Gasteiger partial charge in [-0.3, -0.25) is 0 Å². The molecule has 5 heterocycles. The van der Waals surface area contributed by atoms with Gasteiger partial charge in [0, 0.05) is 99.3 Å². The molecule has 1 aliphatic carbocycles. The van der Waals surface area contributed by atoms with E-state index in [-0.39, 0.29) is 0 Å². The van der Waals surface area contributed by atoms with E-state index in [1.54, 1.807) is 11.3 Å². The smallest absolute Gasteiger partial charge is 0.165 e. The van der Waals surface area contributed by atoms with E-state index >= 15 is 0 Å². The molecule has 0 saturated carbocycles. The topological polar surface area (TPSA) is 77.3 Å². The van der Waals surface area contributed by atoms with Crippen LogP contribution in [0.3, 0.4) is 0 Å². The molecule has 9 heteroatoms. The lowest BCUT2D eigenvalue weighted by Crippen LogP contribution is -2.24. The monoisotopic (exact) mass is 1650 g/mol. The average Bonchev–Trinajstić information content (AvgIpc) is 1.37. The average molecular weight is 1660 g/mol. The van der Waals surface area contributed by atoms with Crippen molar-refractivity contribution in [2.24, 2.45) is 0 Å². The maximum atomic E-state index is 5.59. The van der Waals surface area contributed by atoms with E-state index in [4.69, 9.17) is 29.9 Å². The van der Waals surface area contributed by atoms with Gasteiger partial charge in [-0.25, -0.2) is 29.9 Å². The number of benzene rings is 20. The lowest BCUT2D eigenvalue weighted by atomic mass is 9.75. The van der Waals surface area contributed by atoms with Gasteiger partial charge in [0.1, 0.15) is 0 Å². The third kappa shape index (κ3) is 11.6. The summed E-state index contributed by atoms with van der Waals surface area (Å²) in [7, 11) is 0. The summed E-state index contributed by atoms with van der Waals surface area (Å²) in [5.41, 5.74) is 20.7. The molecule has 25 aromatic rings. The molecule has 0 radical (unpaired) electrons. The van der Waals surface area contributed by atoms with Crippen LogP contribution in [0.25, 0.3) is 249 Å². The maximum Gasteiger partial charge on any atom is 0.165 e. The molecule has 0 bridgehead atoms. The van der Waals surface area contributed by atoms with Crippen LogP contribution in [0.4, 0.5) is 0 Å². The van der Waals surface area contributed by atoms with Gasteiger partial charge in [0.25, 0.3) is 0 Å². The molecule has 0 N–H and O–H groups in total. The predicted octanol–water partition coefficient (Wildman–Crippen LogP) is 32.3. The Bertz CT molecular complexity index is 8840. The van der Waals surface area contributed by atoms with Crippen molar-refractivity contribution in [3.63, 3.8) is 0 Å². The van der Waals surface area contributed by atoms with Gasteiger partial charge in [0.05, 0.1) is 0 Å². The van der Waals surface area contributed by atoms with Crippen LogP contribution in [-0.4, -0.2) is 29.9 Å². The zero-order chi connectivity index (χ0) is 82.8. The van der Waals surface area contributed by atoms with Crippen LogP contribution >= 0.6 is 34.0 Å². The quantitative estimate of drug-likeness (QED) is 0.113. The van der Waals surface area contributed by atoms with Crippen LogP contribution in [0.5, 0.6) is 0 Å². The van der Waals surface area contributed by atoms with Crippen molar-refractivity contribution in [1.82, 2.24) is 29.9 Å². The minimum Gasteiger partial charge on any atom is -0.208 e. The Morgan fingerprint density at radius 2 is 0.548 bits per heavy atom. The number of fused-ring (bicyclic) bond motifs is 24. The maximum absolute atomic E-state index is 5.59. The summed E-state index contributed by atoms with van der Waals surface area (Å²) in [6.07, 6.45) is 0.748. The highest BCUT2D eigenvalue weighted by atomic mass is 32.1. The molecule has 0 saturated heterocycles. The van der Waals surface area contributed by atoms with Crippen molar-refractivity contribution < 1.29 is 0 Å². The van der Waals surface area contributed by atoms with Crippen molar-refractivity contribution in [1.29, 1.82) is 0 Å². The van der Waals surface area contributed by atoms with Crippen LogP contribution in [0.15, 0.2) is 394 Å². The minimum atomic E-state index is -0.438. The first-order valence-corrected chi connectivity index (χ1v) is 45.3. The summed E-state index contributed by atoms with van der Waals surface area (Å²) in [5, 5.41) is 22.6. The van der Waals surface area contributed by atoms with Gasteiger partial charge < -0.3 is 0 Å². The highest BCUT2D eigenvalue weighted by Crippen LogP contribution is 2.54. The molecule has 26 rings (SSSR count). The van der Waals surface area contributed by atoms with Crippen molar-refractivity contribution in [2.45, 2.75) is 18.8 Å². The Morgan fingerprint density at radius 1 is 0.190 bits per heavy atom. The molecule has 1 unspecified atom stereocenters. The molecule has 20 aromatic carbocycles. The zero-order valence-electron chi connectivity index (χ0n) is 68.1. The molecule has 0 fully saturated rings. The second-order valence-electron chi connectivity index (χ2n) is 33.6. The van der Waals surface area contributed by atoms with Crippen LogP contribution in [0.2, 0.25) is 0 Å². The van der Waals surface area contributed by atoms with Crippen molar-refractivity contribution in [3.8, 4) is 124 Å². The Morgan fingerprint density at radius 3 is 1.10 bits per heavy atom. The standard InChI is InChI=1S/C117H70N6S3/c1-117(101-42-19-18-36-90(101)91-57-52-77(66-102(91)117)114-119-112(71-25-6-3-7-26-71)120-115(123-114)94-37-17-16-35-87(94)92-39-22-44-107-109(92)100-65-76(54-60-105(100)125-107)74-51-56-89-84-32-11-9-28-80(84)82-30-13-15-34-86(82)97(89)63-74)67-68-45-58-103-98(61-68)93-40-20-41-95(110(93)126-103)116-121-111(70-23-4-2-5-24-70)118-113(122-116)72-48-46-69(47-49-72)78-38-21-43-106-108(78)99-64-75(53-59-104(99)124-106)73-50-55-88-83-31-10-8-27-79(83)81-29-12-14-33-85(81)96(88)62-73/h2-66H,67H2,1H3. The summed E-state index contributed by atoms with van der Waals surface area (Å²) in [5.74, 6) is 3.71. The third-order valence-corrected chi connectivity index (χ3v) is 29.9. The van der Waals surface area contributed by atoms with E-state index in [1.165, 1.54) is 176 Å². The Balaban J connectivity index is 0.536. The lowest BCUT2D eigenvalue weighted by molar-refractivity contribution is 0.583. The summed E-state index contributed by atoms with van der Waals surface area (Å²) in [6, 6.07) is 144. The lowest BCUT2D eigenvalue weighted by Gasteiger charge is -2.28. The largest absolute Gasteiger partial charge is 0.208 e. The summed E-state index contributed by atoms with van der Waals surface area (Å²) in [6.45, 7) is 2.43. The van der Waals surface area contributed by atoms with E-state index in [1.807, 2.05) is 46.9 Å². The van der Waals surface area contributed by atoms with Gasteiger partial charge in [-0.15, -0.1) is 34.0 Å². The summed E-state index contributed by atoms with van der Waals surface area (Å²) >= 11 is 5.49. The van der Waals surface area contributed by atoms with Gasteiger partial charge in [-0.05, 0) is 216 Å². The Labute approximate surface area is 737 Å². The molecule has 0 amide bonds. The second kappa shape index (κ2) is 28.6. The van der Waals surface area contributed by atoms with Crippen LogP contribution in [0.1, 0.15) is 23.6 Å². The molecule has 586 valence electrons. The number of rotatable bonds is 12. The Hall–Kier alpha value is -15.4. The molecule has 0 spiro atoms. The zero-order valence-corrected chi connectivity index (χ0v) is 70.6. The Kier molecular flexibility index (Phi) is 16.4. The first-order chi connectivity index (χ1) is 62.3. The van der Waals surface area contributed by atoms with Gasteiger partial charge in [0.15, 0.2) is 34.9 Å². The number of aromatic nitrogens is 6. The number of hydrogen-bond donors (Lipinski definition) is 0. The van der Waals surface area contributed by atoms with E-state index in [0.717, 1.165) is 61.2 Å². The van der Waals surface area contributed by atoms with Gasteiger partial charge in [0.2, 0.25) is 0 Å². The predicted molar refractivity (Wildman–Crippen MR) is 533 cm³/mol. The third-order valence-electron chi connectivity index (χ3n) is 26.4. The highest BCUT2D eigenvalue weighted by molar-refractivity contribution is 7.27. The van der Waals surface area contributed by atoms with Crippen molar-refractivity contribution >= 4 is 159 Å². The van der Waals surface area contributed by atoms with Crippen LogP contribution < -0.4 is 0 Å². The first kappa shape index (κ1) is 72.3. The van der Waals surface area contributed by atoms with Crippen LogP contribution in [-0.2, 0) is 11.8 Å². The van der Waals surface area contributed by atoms with Gasteiger partial charge >= 0.3 is 0 Å². The van der Waals surface area contributed by atoms with E-state index < -0.39 is 5.41 Å². The fraction of sp³-hybridized carbons (Fsp3) is 0.0256. The molecular formula is C117H70N6S3. The highest BCUT2D eigenvalue weighted by Gasteiger charge is 2.40. The second-order valence-corrected chi connectivity index (χ2v) is 36.8. The van der Waals surface area contributed by atoms with Crippen LogP contribution in [0, 0.1) is 0 Å². The minimum absolute atomic E-state index is 0.438. The summed E-state index contributed by atoms with van der Waals surface area (Å²) < 4.78 is 7.32. The normalized spacial score (nSPS) is 13.3. The molecular weight excluding hydrogens is 1590 g/mol. The SMILES string of the molecule is CC1(Cc2ccc3sc4c(-c5nc(-c6ccccc6)nc(-c6ccc(-c7cccc8sc9ccc(-c%10ccc%11c%12ccccc%12c%12ccccc%12c%11c%10)cc9c78)cc6)n5)cccc4c3c2)c2ccccc2-c2ccc(-c3nc(-c4ccccc4)nc(-c4ccccc4-c4cccc5sc6ccc(-c7ccc8c9ccccc9c9ccccc9c8c7)cc6c45)n3)cc21. The molecule has 1 aliphatic rings. The molecule has 0 aliphatic heterocycles. The van der Waals surface area contributed by atoms with E-state index in [2.05, 4.69) is 377 Å². The molecule has 126 heavy (non-hydrogen) atoms. The fourth-order valence-electron chi connectivity index (χ4n) is 20.5. The molecule has 1 atom stereocenters. The number of hydrogen-bond acceptors (Lipinski definition) is 9. The van der Waals surface area contributed by atoms with E-state index in [9.17, 15) is 0 Å². The molecule has 6 nitrogen and oxygen atoms in total. The van der Waals surface area contributed by atoms with Crippen molar-refractivity contribution in [2.75, 3.05) is 0 Å². The van der Waals surface area contributed by atoms with Gasteiger partial charge in [-0.2, -0.15) is 0 Å². The number of nitrogens with zero attached hydrogens (tertiary/aromatic N) is 6. The fourth-order valence-corrected chi connectivity index (χ4v) is 23.9. The van der Waals surface area contributed by atoms with Gasteiger partial charge in [-0.1, -0.05) is 328 Å². The van der Waals surface area contributed by atoms with Crippen molar-refractivity contribution in [3.05, 3.63) is 411 Å². The van der Waals surface area contributed by atoms with E-state index in [0.29, 0.717) is 34.9 Å². The summed E-state index contributed by atoms with van der Waals surface area (Å²) in [4.78, 5) is 32.5.